The molecule has 2 fully saturated rings. The van der Waals surface area contributed by atoms with Crippen LogP contribution >= 0.6 is 0 Å². The monoisotopic (exact) mass is 196 g/mol. The molecular formula is C12H24N2. The van der Waals surface area contributed by atoms with E-state index in [1.54, 1.807) is 0 Å². The van der Waals surface area contributed by atoms with Gasteiger partial charge in [0.25, 0.3) is 0 Å². The topological polar surface area (TPSA) is 15.3 Å². The Morgan fingerprint density at radius 3 is 2.36 bits per heavy atom. The van der Waals surface area contributed by atoms with Crippen LogP contribution in [0.4, 0.5) is 0 Å². The molecule has 0 aromatic heterocycles. The third-order valence-electron chi connectivity index (χ3n) is 4.03. The first kappa shape index (κ1) is 10.4. The van der Waals surface area contributed by atoms with E-state index in [1.165, 1.54) is 45.3 Å². The molecule has 2 unspecified atom stereocenters. The molecule has 2 heteroatoms. The molecular weight excluding hydrogens is 172 g/mol. The zero-order valence-electron chi connectivity index (χ0n) is 9.63. The maximum Gasteiger partial charge on any atom is 0.00964 e. The second kappa shape index (κ2) is 4.63. The van der Waals surface area contributed by atoms with E-state index in [0.29, 0.717) is 0 Å². The lowest BCUT2D eigenvalue weighted by atomic mass is 9.83. The Labute approximate surface area is 88.1 Å². The smallest absolute Gasteiger partial charge is 0.00964 e. The van der Waals surface area contributed by atoms with E-state index >= 15 is 0 Å². The molecule has 14 heavy (non-hydrogen) atoms. The molecule has 1 N–H and O–H groups in total. The van der Waals surface area contributed by atoms with Gasteiger partial charge in [-0.05, 0) is 64.2 Å². The van der Waals surface area contributed by atoms with Crippen LogP contribution in [0.15, 0.2) is 0 Å². The van der Waals surface area contributed by atoms with Crippen molar-refractivity contribution in [3.05, 3.63) is 0 Å². The third-order valence-corrected chi connectivity index (χ3v) is 4.03. The minimum atomic E-state index is 0.833. The summed E-state index contributed by atoms with van der Waals surface area (Å²) in [6.45, 7) is 6.21. The van der Waals surface area contributed by atoms with Gasteiger partial charge >= 0.3 is 0 Å². The minimum Gasteiger partial charge on any atom is -0.313 e. The van der Waals surface area contributed by atoms with Crippen LogP contribution in [0, 0.1) is 11.8 Å². The van der Waals surface area contributed by atoms with Gasteiger partial charge < -0.3 is 10.2 Å². The first-order chi connectivity index (χ1) is 6.75. The molecule has 0 aliphatic carbocycles. The Hall–Kier alpha value is -0.0800. The number of hydrogen-bond acceptors (Lipinski definition) is 2. The summed E-state index contributed by atoms with van der Waals surface area (Å²) >= 11 is 0. The number of nitrogens with zero attached hydrogens (tertiary/aromatic N) is 1. The van der Waals surface area contributed by atoms with E-state index in [9.17, 15) is 0 Å². The summed E-state index contributed by atoms with van der Waals surface area (Å²) in [6.07, 6.45) is 5.66. The Morgan fingerprint density at radius 2 is 1.79 bits per heavy atom. The molecule has 2 saturated heterocycles. The summed E-state index contributed by atoms with van der Waals surface area (Å²) in [4.78, 5) is 2.46. The number of rotatable bonds is 1. The average Bonchev–Trinajstić information content (AvgIpc) is 2.21. The molecule has 0 aromatic carbocycles. The van der Waals surface area contributed by atoms with Gasteiger partial charge in [-0.1, -0.05) is 6.92 Å². The summed E-state index contributed by atoms with van der Waals surface area (Å²) in [5, 5.41) is 3.73. The lowest BCUT2D eigenvalue weighted by molar-refractivity contribution is 0.159. The standard InChI is InChI=1S/C12H24N2/c1-10-3-4-12(13-9-10)11-5-7-14(2)8-6-11/h10-13H,3-9H2,1-2H3. The van der Waals surface area contributed by atoms with Crippen molar-refractivity contribution in [3.8, 4) is 0 Å². The fourth-order valence-electron chi connectivity index (χ4n) is 2.85. The van der Waals surface area contributed by atoms with Crippen LogP contribution in [0.5, 0.6) is 0 Å². The summed E-state index contributed by atoms with van der Waals surface area (Å²) in [5.74, 6) is 1.86. The van der Waals surface area contributed by atoms with Gasteiger partial charge in [0.1, 0.15) is 0 Å². The fraction of sp³-hybridized carbons (Fsp3) is 1.00. The van der Waals surface area contributed by atoms with Crippen LogP contribution in [0.1, 0.15) is 32.6 Å². The van der Waals surface area contributed by atoms with Crippen molar-refractivity contribution < 1.29 is 0 Å². The maximum atomic E-state index is 3.73. The highest BCUT2D eigenvalue weighted by Gasteiger charge is 2.27. The number of nitrogens with one attached hydrogen (secondary N) is 1. The van der Waals surface area contributed by atoms with E-state index in [0.717, 1.165) is 17.9 Å². The van der Waals surface area contributed by atoms with Crippen molar-refractivity contribution in [2.45, 2.75) is 38.6 Å². The molecule has 0 bridgehead atoms. The number of piperidine rings is 2. The lowest BCUT2D eigenvalue weighted by Gasteiger charge is -2.38. The van der Waals surface area contributed by atoms with Crippen molar-refractivity contribution in [1.82, 2.24) is 10.2 Å². The first-order valence-electron chi connectivity index (χ1n) is 6.17. The molecule has 2 rings (SSSR count). The van der Waals surface area contributed by atoms with Crippen LogP contribution in [0.25, 0.3) is 0 Å². The molecule has 2 atom stereocenters. The van der Waals surface area contributed by atoms with Crippen LogP contribution in [0.3, 0.4) is 0 Å². The zero-order valence-corrected chi connectivity index (χ0v) is 9.63. The highest BCUT2D eigenvalue weighted by molar-refractivity contribution is 4.85. The Bertz CT molecular complexity index is 145. The van der Waals surface area contributed by atoms with Crippen molar-refractivity contribution in [2.24, 2.45) is 11.8 Å². The molecule has 2 nitrogen and oxygen atoms in total. The number of likely N-dealkylation sites (tertiary alicyclic amines) is 1. The predicted molar refractivity (Wildman–Crippen MR) is 60.4 cm³/mol. The quantitative estimate of drug-likeness (QED) is 0.687. The zero-order chi connectivity index (χ0) is 9.97. The van der Waals surface area contributed by atoms with Gasteiger partial charge in [0.2, 0.25) is 0 Å². The van der Waals surface area contributed by atoms with Gasteiger partial charge in [-0.15, -0.1) is 0 Å². The lowest BCUT2D eigenvalue weighted by Crippen LogP contribution is -2.46. The van der Waals surface area contributed by atoms with E-state index in [1.807, 2.05) is 0 Å². The van der Waals surface area contributed by atoms with Gasteiger partial charge in [-0.2, -0.15) is 0 Å². The molecule has 0 aromatic rings. The third kappa shape index (κ3) is 2.48. The summed E-state index contributed by atoms with van der Waals surface area (Å²) < 4.78 is 0. The molecule has 2 aliphatic heterocycles. The van der Waals surface area contributed by atoms with Crippen molar-refractivity contribution in [2.75, 3.05) is 26.7 Å². The first-order valence-corrected chi connectivity index (χ1v) is 6.17. The van der Waals surface area contributed by atoms with Crippen molar-refractivity contribution in [1.29, 1.82) is 0 Å². The van der Waals surface area contributed by atoms with Gasteiger partial charge in [-0.25, -0.2) is 0 Å². The SMILES string of the molecule is CC1CCC(C2CCN(C)CC2)NC1. The van der Waals surface area contributed by atoms with Crippen LogP contribution < -0.4 is 5.32 Å². The Kier molecular flexibility index (Phi) is 3.45. The molecule has 0 radical (unpaired) electrons. The second-order valence-electron chi connectivity index (χ2n) is 5.34. The molecule has 82 valence electrons. The minimum absolute atomic E-state index is 0.833. The number of hydrogen-bond donors (Lipinski definition) is 1. The van der Waals surface area contributed by atoms with E-state index in [2.05, 4.69) is 24.2 Å². The van der Waals surface area contributed by atoms with Crippen LogP contribution in [-0.4, -0.2) is 37.6 Å². The van der Waals surface area contributed by atoms with Gasteiger partial charge in [0, 0.05) is 6.04 Å². The Balaban J connectivity index is 1.78. The van der Waals surface area contributed by atoms with E-state index < -0.39 is 0 Å². The highest BCUT2D eigenvalue weighted by Crippen LogP contribution is 2.26. The molecule has 2 aliphatic rings. The molecule has 0 spiro atoms. The summed E-state index contributed by atoms with van der Waals surface area (Å²) in [5.41, 5.74) is 0. The largest absolute Gasteiger partial charge is 0.313 e. The van der Waals surface area contributed by atoms with Gasteiger partial charge in [-0.3, -0.25) is 0 Å². The summed E-state index contributed by atoms with van der Waals surface area (Å²) in [7, 11) is 2.24. The Morgan fingerprint density at radius 1 is 1.07 bits per heavy atom. The molecule has 0 saturated carbocycles. The van der Waals surface area contributed by atoms with Crippen LogP contribution in [-0.2, 0) is 0 Å². The van der Waals surface area contributed by atoms with Crippen molar-refractivity contribution >= 4 is 0 Å². The van der Waals surface area contributed by atoms with Crippen molar-refractivity contribution in [3.63, 3.8) is 0 Å². The fourth-order valence-corrected chi connectivity index (χ4v) is 2.85. The van der Waals surface area contributed by atoms with Gasteiger partial charge in [0.05, 0.1) is 0 Å². The second-order valence-corrected chi connectivity index (χ2v) is 5.34. The normalized spacial score (nSPS) is 37.3. The van der Waals surface area contributed by atoms with E-state index in [4.69, 9.17) is 0 Å². The average molecular weight is 196 g/mol. The predicted octanol–water partition coefficient (Wildman–Crippen LogP) is 1.72. The molecule has 0 amide bonds. The van der Waals surface area contributed by atoms with E-state index in [-0.39, 0.29) is 0 Å². The maximum absolute atomic E-state index is 3.73. The highest BCUT2D eigenvalue weighted by atomic mass is 15.1. The van der Waals surface area contributed by atoms with Gasteiger partial charge in [0.15, 0.2) is 0 Å². The summed E-state index contributed by atoms with van der Waals surface area (Å²) in [6, 6.07) is 0.833. The van der Waals surface area contributed by atoms with Crippen LogP contribution in [0.2, 0.25) is 0 Å². The molecule has 2 heterocycles.